The van der Waals surface area contributed by atoms with Gasteiger partial charge in [-0.15, -0.1) is 0 Å². The number of aliphatic hydroxyl groups is 1. The topological polar surface area (TPSA) is 75.0 Å². The Labute approximate surface area is 165 Å². The predicted molar refractivity (Wildman–Crippen MR) is 99.4 cm³/mol. The van der Waals surface area contributed by atoms with Gasteiger partial charge in [-0.3, -0.25) is 9.78 Å². The number of carbonyl (C=O) groups is 1. The van der Waals surface area contributed by atoms with E-state index in [-0.39, 0.29) is 10.7 Å². The number of hydrogen-bond donors (Lipinski definition) is 1. The Morgan fingerprint density at radius 3 is 2.34 bits per heavy atom. The number of ether oxygens (including phenoxy) is 1. The van der Waals surface area contributed by atoms with Gasteiger partial charge in [-0.25, -0.2) is 0 Å². The number of hydrazone groups is 1. The molecular formula is C20H20F3N3O3. The van der Waals surface area contributed by atoms with E-state index < -0.39 is 30.8 Å². The maximum atomic E-state index is 13.6. The number of aryl methyl sites for hydroxylation is 3. The van der Waals surface area contributed by atoms with Crippen LogP contribution in [0.2, 0.25) is 0 Å². The molecule has 2 heterocycles. The van der Waals surface area contributed by atoms with E-state index >= 15 is 0 Å². The van der Waals surface area contributed by atoms with Crippen LogP contribution >= 0.6 is 0 Å². The van der Waals surface area contributed by atoms with Crippen molar-refractivity contribution in [1.29, 1.82) is 0 Å². The van der Waals surface area contributed by atoms with Gasteiger partial charge in [-0.05, 0) is 44.0 Å². The standard InChI is InChI=1S/C20H20F3N3O3/c1-12-8-13(2)18(14(3)9-12)29-11-17(27)26-19(28,20(21,22)23)10-16(25-26)15-4-6-24-7-5-15/h4-9,28H,10-11H2,1-3H3. The molecule has 29 heavy (non-hydrogen) atoms. The number of benzene rings is 1. The number of amides is 1. The highest BCUT2D eigenvalue weighted by atomic mass is 19.4. The van der Waals surface area contributed by atoms with Crippen molar-refractivity contribution in [2.45, 2.75) is 39.1 Å². The van der Waals surface area contributed by atoms with Crippen molar-refractivity contribution in [3.8, 4) is 5.75 Å². The van der Waals surface area contributed by atoms with Crippen LogP contribution in [-0.4, -0.2) is 45.2 Å². The SMILES string of the molecule is Cc1cc(C)c(OCC(=O)N2N=C(c3ccncc3)CC2(O)C(F)(F)F)c(C)c1. The summed E-state index contributed by atoms with van der Waals surface area (Å²) in [4.78, 5) is 16.4. The van der Waals surface area contributed by atoms with Gasteiger partial charge in [-0.1, -0.05) is 17.7 Å². The largest absolute Gasteiger partial charge is 0.483 e. The van der Waals surface area contributed by atoms with Crippen LogP contribution in [0.15, 0.2) is 41.8 Å². The van der Waals surface area contributed by atoms with Crippen LogP contribution in [0.1, 0.15) is 28.7 Å². The molecule has 6 nitrogen and oxygen atoms in total. The number of halogens is 3. The lowest BCUT2D eigenvalue weighted by Gasteiger charge is -2.32. The zero-order valence-corrected chi connectivity index (χ0v) is 16.1. The molecule has 0 spiro atoms. The minimum Gasteiger partial charge on any atom is -0.483 e. The van der Waals surface area contributed by atoms with Crippen LogP contribution in [0.4, 0.5) is 13.2 Å². The molecule has 0 saturated heterocycles. The number of aromatic nitrogens is 1. The van der Waals surface area contributed by atoms with Gasteiger partial charge in [0.1, 0.15) is 5.75 Å². The number of rotatable bonds is 4. The minimum absolute atomic E-state index is 0.0664. The van der Waals surface area contributed by atoms with E-state index in [1.54, 1.807) is 13.8 Å². The zero-order chi connectivity index (χ0) is 21.4. The Hall–Kier alpha value is -2.94. The molecule has 9 heteroatoms. The molecule has 0 radical (unpaired) electrons. The summed E-state index contributed by atoms with van der Waals surface area (Å²) in [6.45, 7) is 4.76. The van der Waals surface area contributed by atoms with Gasteiger partial charge < -0.3 is 9.84 Å². The summed E-state index contributed by atoms with van der Waals surface area (Å²) in [6, 6.07) is 6.60. The Morgan fingerprint density at radius 2 is 1.79 bits per heavy atom. The van der Waals surface area contributed by atoms with E-state index in [9.17, 15) is 23.1 Å². The monoisotopic (exact) mass is 407 g/mol. The number of pyridine rings is 1. The van der Waals surface area contributed by atoms with E-state index in [1.807, 2.05) is 19.1 Å². The number of hydrogen-bond acceptors (Lipinski definition) is 5. The van der Waals surface area contributed by atoms with E-state index in [0.717, 1.165) is 16.7 Å². The lowest BCUT2D eigenvalue weighted by molar-refractivity contribution is -0.302. The van der Waals surface area contributed by atoms with E-state index in [1.165, 1.54) is 24.5 Å². The summed E-state index contributed by atoms with van der Waals surface area (Å²) >= 11 is 0. The fourth-order valence-corrected chi connectivity index (χ4v) is 3.32. The predicted octanol–water partition coefficient (Wildman–Crippen LogP) is 3.27. The van der Waals surface area contributed by atoms with Crippen LogP contribution in [0.25, 0.3) is 0 Å². The van der Waals surface area contributed by atoms with Gasteiger partial charge in [0.05, 0.1) is 12.1 Å². The summed E-state index contributed by atoms with van der Waals surface area (Å²) in [6.07, 6.45) is -3.20. The normalized spacial score (nSPS) is 19.3. The maximum Gasteiger partial charge on any atom is 0.438 e. The summed E-state index contributed by atoms with van der Waals surface area (Å²) in [5.74, 6) is -0.690. The van der Waals surface area contributed by atoms with Gasteiger partial charge in [0.25, 0.3) is 11.6 Å². The van der Waals surface area contributed by atoms with Gasteiger partial charge >= 0.3 is 6.18 Å². The summed E-state index contributed by atoms with van der Waals surface area (Å²) < 4.78 is 46.3. The average Bonchev–Trinajstić information content (AvgIpc) is 3.00. The number of alkyl halides is 3. The molecule has 1 aromatic heterocycles. The summed E-state index contributed by atoms with van der Waals surface area (Å²) in [5.41, 5.74) is -0.667. The Morgan fingerprint density at radius 1 is 1.21 bits per heavy atom. The van der Waals surface area contributed by atoms with Crippen molar-refractivity contribution >= 4 is 11.6 Å². The fourth-order valence-electron chi connectivity index (χ4n) is 3.32. The smallest absolute Gasteiger partial charge is 0.438 e. The Bertz CT molecular complexity index is 937. The highest BCUT2D eigenvalue weighted by molar-refractivity contribution is 6.03. The highest BCUT2D eigenvalue weighted by Crippen LogP contribution is 2.41. The van der Waals surface area contributed by atoms with Crippen molar-refractivity contribution in [2.75, 3.05) is 6.61 Å². The van der Waals surface area contributed by atoms with Crippen molar-refractivity contribution in [2.24, 2.45) is 5.10 Å². The first-order chi connectivity index (χ1) is 13.5. The quantitative estimate of drug-likeness (QED) is 0.844. The molecule has 3 rings (SSSR count). The second-order valence-corrected chi connectivity index (χ2v) is 7.00. The molecule has 0 bridgehead atoms. The third-order valence-corrected chi connectivity index (χ3v) is 4.63. The van der Waals surface area contributed by atoms with Crippen LogP contribution in [0.3, 0.4) is 0 Å². The van der Waals surface area contributed by atoms with Gasteiger partial charge in [0.2, 0.25) is 0 Å². The van der Waals surface area contributed by atoms with Crippen LogP contribution in [0.5, 0.6) is 5.75 Å². The van der Waals surface area contributed by atoms with Crippen molar-refractivity contribution < 1.29 is 27.8 Å². The molecule has 0 aliphatic carbocycles. The van der Waals surface area contributed by atoms with E-state index in [4.69, 9.17) is 4.74 Å². The Kier molecular flexibility index (Phi) is 5.36. The first-order valence-electron chi connectivity index (χ1n) is 8.83. The molecule has 1 unspecified atom stereocenters. The molecule has 1 atom stereocenters. The van der Waals surface area contributed by atoms with Gasteiger partial charge in [0.15, 0.2) is 6.61 Å². The molecule has 154 valence electrons. The summed E-state index contributed by atoms with van der Waals surface area (Å²) in [5, 5.41) is 14.2. The molecule has 1 aliphatic rings. The van der Waals surface area contributed by atoms with Crippen LogP contribution in [0, 0.1) is 20.8 Å². The molecular weight excluding hydrogens is 387 g/mol. The van der Waals surface area contributed by atoms with E-state index in [0.29, 0.717) is 11.3 Å². The second kappa shape index (κ2) is 7.47. The molecule has 2 aromatic rings. The van der Waals surface area contributed by atoms with Crippen LogP contribution < -0.4 is 4.74 Å². The van der Waals surface area contributed by atoms with Crippen molar-refractivity contribution in [3.63, 3.8) is 0 Å². The third-order valence-electron chi connectivity index (χ3n) is 4.63. The Balaban J connectivity index is 1.87. The van der Waals surface area contributed by atoms with Crippen LogP contribution in [-0.2, 0) is 4.79 Å². The molecule has 1 N–H and O–H groups in total. The molecule has 0 fully saturated rings. The average molecular weight is 407 g/mol. The minimum atomic E-state index is -5.10. The molecule has 1 amide bonds. The zero-order valence-electron chi connectivity index (χ0n) is 16.1. The molecule has 0 saturated carbocycles. The lowest BCUT2D eigenvalue weighted by Crippen LogP contribution is -2.57. The molecule has 1 aliphatic heterocycles. The van der Waals surface area contributed by atoms with E-state index in [2.05, 4.69) is 10.1 Å². The third kappa shape index (κ3) is 3.95. The highest BCUT2D eigenvalue weighted by Gasteiger charge is 2.63. The lowest BCUT2D eigenvalue weighted by atomic mass is 10.0. The van der Waals surface area contributed by atoms with Gasteiger partial charge in [-0.2, -0.15) is 23.3 Å². The molecule has 1 aromatic carbocycles. The number of nitrogens with zero attached hydrogens (tertiary/aromatic N) is 3. The van der Waals surface area contributed by atoms with Crippen molar-refractivity contribution in [1.82, 2.24) is 9.99 Å². The maximum absolute atomic E-state index is 13.6. The number of carbonyl (C=O) groups excluding carboxylic acids is 1. The van der Waals surface area contributed by atoms with Gasteiger partial charge in [0, 0.05) is 18.0 Å². The van der Waals surface area contributed by atoms with Crippen molar-refractivity contribution in [3.05, 3.63) is 58.9 Å². The first kappa shape index (κ1) is 20.8. The summed E-state index contributed by atoms with van der Waals surface area (Å²) in [7, 11) is 0. The second-order valence-electron chi connectivity index (χ2n) is 7.00. The first-order valence-corrected chi connectivity index (χ1v) is 8.83. The fraction of sp³-hybridized carbons (Fsp3) is 0.350.